The van der Waals surface area contributed by atoms with E-state index in [1.54, 1.807) is 0 Å². The van der Waals surface area contributed by atoms with Gasteiger partial charge in [-0.25, -0.2) is 0 Å². The van der Waals surface area contributed by atoms with E-state index in [2.05, 4.69) is 11.8 Å². The third-order valence-electron chi connectivity index (χ3n) is 2.11. The molecule has 1 fully saturated rings. The third kappa shape index (κ3) is 2.45. The first-order valence-electron chi connectivity index (χ1n) is 3.78. The Morgan fingerprint density at radius 2 is 2.30 bits per heavy atom. The maximum atomic E-state index is 5.43. The smallest absolute Gasteiger partial charge is 0.0107 e. The van der Waals surface area contributed by atoms with E-state index in [0.29, 0.717) is 0 Å². The van der Waals surface area contributed by atoms with E-state index in [1.165, 1.54) is 19.4 Å². The van der Waals surface area contributed by atoms with Gasteiger partial charge in [-0.15, -0.1) is 12.4 Å². The molecule has 0 amide bonds. The normalized spacial score (nSPS) is 26.4. The molecule has 1 saturated heterocycles. The van der Waals surface area contributed by atoms with E-state index in [9.17, 15) is 0 Å². The lowest BCUT2D eigenvalue weighted by atomic mass is 10.2. The van der Waals surface area contributed by atoms with Crippen molar-refractivity contribution in [3.8, 4) is 0 Å². The Morgan fingerprint density at radius 1 is 1.60 bits per heavy atom. The number of rotatable bonds is 2. The Labute approximate surface area is 69.2 Å². The minimum absolute atomic E-state index is 0. The van der Waals surface area contributed by atoms with Crippen molar-refractivity contribution in [1.29, 1.82) is 0 Å². The molecule has 2 N–H and O–H groups in total. The molecule has 0 saturated carbocycles. The van der Waals surface area contributed by atoms with E-state index in [4.69, 9.17) is 5.73 Å². The predicted molar refractivity (Wildman–Crippen MR) is 46.6 cm³/mol. The van der Waals surface area contributed by atoms with Crippen LogP contribution in [0, 0.1) is 0 Å². The minimum Gasteiger partial charge on any atom is -0.329 e. The molecule has 0 aromatic heterocycles. The summed E-state index contributed by atoms with van der Waals surface area (Å²) in [6, 6.07) is 0.786. The van der Waals surface area contributed by atoms with E-state index in [0.717, 1.165) is 19.1 Å². The van der Waals surface area contributed by atoms with Crippen molar-refractivity contribution >= 4 is 12.4 Å². The molecule has 1 aliphatic heterocycles. The Kier molecular flexibility index (Phi) is 5.04. The molecule has 0 aromatic rings. The summed E-state index contributed by atoms with van der Waals surface area (Å²) in [6.45, 7) is 5.44. The summed E-state index contributed by atoms with van der Waals surface area (Å²) in [5.41, 5.74) is 5.43. The van der Waals surface area contributed by atoms with Crippen molar-refractivity contribution in [3.63, 3.8) is 0 Å². The molecule has 0 bridgehead atoms. The molecule has 3 heteroatoms. The zero-order chi connectivity index (χ0) is 6.69. The number of nitrogens with zero attached hydrogens (tertiary/aromatic N) is 1. The van der Waals surface area contributed by atoms with Crippen LogP contribution < -0.4 is 5.73 Å². The molecule has 2 nitrogen and oxygen atoms in total. The predicted octanol–water partition coefficient (Wildman–Crippen LogP) is 0.851. The van der Waals surface area contributed by atoms with Gasteiger partial charge in [-0.3, -0.25) is 4.90 Å². The number of nitrogens with two attached hydrogens (primary N) is 1. The van der Waals surface area contributed by atoms with Crippen molar-refractivity contribution in [1.82, 2.24) is 4.90 Å². The summed E-state index contributed by atoms with van der Waals surface area (Å²) in [7, 11) is 0. The van der Waals surface area contributed by atoms with Crippen molar-refractivity contribution in [2.24, 2.45) is 5.73 Å². The van der Waals surface area contributed by atoms with Crippen LogP contribution in [0.1, 0.15) is 19.8 Å². The molecular weight excluding hydrogens is 148 g/mol. The topological polar surface area (TPSA) is 29.3 Å². The van der Waals surface area contributed by atoms with Crippen molar-refractivity contribution in [3.05, 3.63) is 0 Å². The van der Waals surface area contributed by atoms with Gasteiger partial charge >= 0.3 is 0 Å². The average molecular weight is 165 g/mol. The summed E-state index contributed by atoms with van der Waals surface area (Å²) in [5, 5.41) is 0. The third-order valence-corrected chi connectivity index (χ3v) is 2.11. The number of hydrogen-bond donors (Lipinski definition) is 1. The van der Waals surface area contributed by atoms with Gasteiger partial charge in [-0.2, -0.15) is 0 Å². The highest BCUT2D eigenvalue weighted by molar-refractivity contribution is 5.85. The summed E-state index contributed by atoms with van der Waals surface area (Å²) in [4.78, 5) is 2.46. The van der Waals surface area contributed by atoms with E-state index < -0.39 is 0 Å². The van der Waals surface area contributed by atoms with Gasteiger partial charge in [0.15, 0.2) is 0 Å². The standard InChI is InChI=1S/C7H16N2.ClH/c1-7-3-2-5-9(7)6-4-8;/h7H,2-6,8H2,1H3;1H. The molecule has 1 atom stereocenters. The first-order valence-corrected chi connectivity index (χ1v) is 3.78. The molecule has 0 radical (unpaired) electrons. The fourth-order valence-corrected chi connectivity index (χ4v) is 1.49. The summed E-state index contributed by atoms with van der Waals surface area (Å²) in [6.07, 6.45) is 2.72. The lowest BCUT2D eigenvalue weighted by molar-refractivity contribution is 0.276. The van der Waals surface area contributed by atoms with Gasteiger partial charge in [0.25, 0.3) is 0 Å². The van der Waals surface area contributed by atoms with Gasteiger partial charge in [-0.1, -0.05) is 0 Å². The highest BCUT2D eigenvalue weighted by Crippen LogP contribution is 2.14. The zero-order valence-corrected chi connectivity index (χ0v) is 7.36. The summed E-state index contributed by atoms with van der Waals surface area (Å²) >= 11 is 0. The van der Waals surface area contributed by atoms with Crippen LogP contribution in [0.25, 0.3) is 0 Å². The maximum Gasteiger partial charge on any atom is 0.0107 e. The summed E-state index contributed by atoms with van der Waals surface area (Å²) < 4.78 is 0. The molecule has 62 valence electrons. The van der Waals surface area contributed by atoms with Gasteiger partial charge in [-0.05, 0) is 26.3 Å². The van der Waals surface area contributed by atoms with Crippen LogP contribution in [-0.4, -0.2) is 30.6 Å². The monoisotopic (exact) mass is 164 g/mol. The van der Waals surface area contributed by atoms with Gasteiger partial charge in [0.05, 0.1) is 0 Å². The first-order chi connectivity index (χ1) is 4.34. The molecule has 1 heterocycles. The second kappa shape index (κ2) is 4.94. The fourth-order valence-electron chi connectivity index (χ4n) is 1.49. The lowest BCUT2D eigenvalue weighted by Crippen LogP contribution is -2.31. The zero-order valence-electron chi connectivity index (χ0n) is 6.55. The van der Waals surface area contributed by atoms with Crippen LogP contribution in [0.15, 0.2) is 0 Å². The Balaban J connectivity index is 0.000000810. The lowest BCUT2D eigenvalue weighted by Gasteiger charge is -2.19. The highest BCUT2D eigenvalue weighted by atomic mass is 35.5. The molecule has 0 aliphatic carbocycles. The fraction of sp³-hybridized carbons (Fsp3) is 1.00. The first kappa shape index (κ1) is 10.2. The number of hydrogen-bond acceptors (Lipinski definition) is 2. The molecule has 10 heavy (non-hydrogen) atoms. The van der Waals surface area contributed by atoms with Crippen molar-refractivity contribution < 1.29 is 0 Å². The maximum absolute atomic E-state index is 5.43. The van der Waals surface area contributed by atoms with Gasteiger partial charge in [0.2, 0.25) is 0 Å². The van der Waals surface area contributed by atoms with Crippen LogP contribution in [-0.2, 0) is 0 Å². The van der Waals surface area contributed by atoms with Crippen LogP contribution in [0.2, 0.25) is 0 Å². The van der Waals surface area contributed by atoms with E-state index in [1.807, 2.05) is 0 Å². The van der Waals surface area contributed by atoms with E-state index >= 15 is 0 Å². The van der Waals surface area contributed by atoms with Crippen molar-refractivity contribution in [2.75, 3.05) is 19.6 Å². The number of halogens is 1. The largest absolute Gasteiger partial charge is 0.329 e. The average Bonchev–Trinajstić information content (AvgIpc) is 2.18. The molecule has 1 unspecified atom stereocenters. The molecule has 0 spiro atoms. The highest BCUT2D eigenvalue weighted by Gasteiger charge is 2.18. The van der Waals surface area contributed by atoms with Crippen LogP contribution in [0.4, 0.5) is 0 Å². The van der Waals surface area contributed by atoms with Gasteiger partial charge in [0.1, 0.15) is 0 Å². The quantitative estimate of drug-likeness (QED) is 0.656. The van der Waals surface area contributed by atoms with Gasteiger partial charge < -0.3 is 5.73 Å². The van der Waals surface area contributed by atoms with Crippen molar-refractivity contribution in [2.45, 2.75) is 25.8 Å². The molecule has 0 aromatic carbocycles. The second-order valence-electron chi connectivity index (χ2n) is 2.82. The molecular formula is C7H17ClN2. The summed E-state index contributed by atoms with van der Waals surface area (Å²) in [5.74, 6) is 0. The van der Waals surface area contributed by atoms with Gasteiger partial charge in [0, 0.05) is 19.1 Å². The molecule has 1 aliphatic rings. The number of likely N-dealkylation sites (tertiary alicyclic amines) is 1. The minimum atomic E-state index is 0. The molecule has 1 rings (SSSR count). The van der Waals surface area contributed by atoms with Crippen LogP contribution >= 0.6 is 12.4 Å². The van der Waals surface area contributed by atoms with Crippen LogP contribution in [0.5, 0.6) is 0 Å². The Bertz CT molecular complexity index is 87.7. The Hall–Kier alpha value is 0.210. The van der Waals surface area contributed by atoms with Crippen LogP contribution in [0.3, 0.4) is 0 Å². The SMILES string of the molecule is CC1CCCN1CCN.Cl. The second-order valence-corrected chi connectivity index (χ2v) is 2.82. The van der Waals surface area contributed by atoms with E-state index in [-0.39, 0.29) is 12.4 Å². The Morgan fingerprint density at radius 3 is 2.70 bits per heavy atom.